The van der Waals surface area contributed by atoms with Crippen LogP contribution in [-0.4, -0.2) is 29.7 Å². The molecule has 130 valence electrons. The largest absolute Gasteiger partial charge is 0.444 e. The minimum Gasteiger partial charge on any atom is -0.444 e. The van der Waals surface area contributed by atoms with Gasteiger partial charge in [0.1, 0.15) is 11.6 Å². The number of hydroxylamine groups is 1. The topological polar surface area (TPSA) is 120 Å². The molecule has 0 aliphatic heterocycles. The first-order valence-electron chi connectivity index (χ1n) is 7.27. The van der Waals surface area contributed by atoms with Crippen LogP contribution in [-0.2, 0) is 14.4 Å². The van der Waals surface area contributed by atoms with Gasteiger partial charge >= 0.3 is 18.1 Å². The highest BCUT2D eigenvalue weighted by Gasteiger charge is 2.26. The van der Waals surface area contributed by atoms with Crippen LogP contribution >= 0.6 is 0 Å². The van der Waals surface area contributed by atoms with Gasteiger partial charge < -0.3 is 20.6 Å². The summed E-state index contributed by atoms with van der Waals surface area (Å²) >= 11 is 0. The number of carbonyl (C=O) groups excluding carboxylic acids is 3. The Bertz CT molecular complexity index is 364. The first-order chi connectivity index (χ1) is 10.0. The average molecular weight is 319 g/mol. The summed E-state index contributed by atoms with van der Waals surface area (Å²) in [5, 5.41) is 2.40. The zero-order valence-electron chi connectivity index (χ0n) is 14.5. The molecule has 0 fully saturated rings. The zero-order valence-corrected chi connectivity index (χ0v) is 14.5. The third-order valence-corrected chi connectivity index (χ3v) is 1.93. The fraction of sp³-hybridized carbons (Fsp3) is 0.786. The van der Waals surface area contributed by atoms with Crippen molar-refractivity contribution in [3.05, 3.63) is 0 Å². The van der Waals surface area contributed by atoms with Crippen molar-refractivity contribution < 1.29 is 24.0 Å². The SMILES string of the molecule is CC.CC(C)CC(NC(=O)OC(C)(C)C)C(=O)ONC(N)=O. The van der Waals surface area contributed by atoms with Crippen molar-refractivity contribution >= 4 is 18.1 Å². The van der Waals surface area contributed by atoms with Crippen molar-refractivity contribution in [2.75, 3.05) is 0 Å². The molecule has 8 heteroatoms. The van der Waals surface area contributed by atoms with E-state index in [-0.39, 0.29) is 5.92 Å². The van der Waals surface area contributed by atoms with Crippen LogP contribution in [0.3, 0.4) is 0 Å². The molecular formula is C14H29N3O5. The van der Waals surface area contributed by atoms with Crippen LogP contribution < -0.4 is 16.5 Å². The van der Waals surface area contributed by atoms with Gasteiger partial charge in [0.05, 0.1) is 0 Å². The van der Waals surface area contributed by atoms with Crippen LogP contribution in [0, 0.1) is 5.92 Å². The molecule has 0 aromatic carbocycles. The van der Waals surface area contributed by atoms with E-state index in [1.165, 1.54) is 0 Å². The van der Waals surface area contributed by atoms with E-state index in [4.69, 9.17) is 10.5 Å². The summed E-state index contributed by atoms with van der Waals surface area (Å²) in [7, 11) is 0. The summed E-state index contributed by atoms with van der Waals surface area (Å²) in [6, 6.07) is -1.93. The number of amides is 3. The molecule has 4 N–H and O–H groups in total. The summed E-state index contributed by atoms with van der Waals surface area (Å²) in [5.41, 5.74) is 5.83. The second-order valence-electron chi connectivity index (χ2n) is 5.72. The van der Waals surface area contributed by atoms with E-state index < -0.39 is 29.7 Å². The quantitative estimate of drug-likeness (QED) is 0.685. The highest BCUT2D eigenvalue weighted by Crippen LogP contribution is 2.10. The van der Waals surface area contributed by atoms with Crippen LogP contribution in [0.15, 0.2) is 0 Å². The van der Waals surface area contributed by atoms with Crippen molar-refractivity contribution in [3.8, 4) is 0 Å². The third-order valence-electron chi connectivity index (χ3n) is 1.93. The lowest BCUT2D eigenvalue weighted by molar-refractivity contribution is -0.151. The minimum atomic E-state index is -1.00. The molecule has 0 spiro atoms. The van der Waals surface area contributed by atoms with Crippen LogP contribution in [0.2, 0.25) is 0 Å². The summed E-state index contributed by atoms with van der Waals surface area (Å²) in [5.74, 6) is -0.695. The molecule has 1 atom stereocenters. The van der Waals surface area contributed by atoms with Gasteiger partial charge in [-0.05, 0) is 33.1 Å². The Labute approximate surface area is 132 Å². The molecule has 8 nitrogen and oxygen atoms in total. The fourth-order valence-corrected chi connectivity index (χ4v) is 1.31. The first kappa shape index (κ1) is 22.3. The van der Waals surface area contributed by atoms with Crippen LogP contribution in [0.1, 0.15) is 54.9 Å². The van der Waals surface area contributed by atoms with E-state index in [9.17, 15) is 14.4 Å². The maximum absolute atomic E-state index is 11.7. The number of nitrogens with two attached hydrogens (primary N) is 1. The van der Waals surface area contributed by atoms with E-state index in [0.717, 1.165) is 0 Å². The molecule has 0 rings (SSSR count). The Morgan fingerprint density at radius 3 is 2.00 bits per heavy atom. The molecule has 0 bridgehead atoms. The normalized spacial score (nSPS) is 11.6. The van der Waals surface area contributed by atoms with Crippen molar-refractivity contribution in [1.29, 1.82) is 0 Å². The number of hydrogen-bond donors (Lipinski definition) is 3. The molecule has 0 aliphatic carbocycles. The number of hydrogen-bond acceptors (Lipinski definition) is 5. The Kier molecular flexibility index (Phi) is 10.8. The van der Waals surface area contributed by atoms with Crippen LogP contribution in [0.4, 0.5) is 9.59 Å². The number of alkyl carbamates (subject to hydrolysis) is 1. The van der Waals surface area contributed by atoms with Crippen molar-refractivity contribution in [3.63, 3.8) is 0 Å². The average Bonchev–Trinajstić information content (AvgIpc) is 2.34. The number of urea groups is 1. The van der Waals surface area contributed by atoms with Gasteiger partial charge in [0, 0.05) is 0 Å². The number of ether oxygens (including phenoxy) is 1. The standard InChI is InChI=1S/C12H23N3O5.C2H6/c1-7(2)6-8(9(16)20-15-10(13)17)14-11(18)19-12(3,4)5;1-2/h7-8H,6H2,1-5H3,(H,14,18)(H3,13,15,17);1-2H3. The fourth-order valence-electron chi connectivity index (χ4n) is 1.31. The maximum Gasteiger partial charge on any atom is 0.408 e. The number of primary amides is 1. The Morgan fingerprint density at radius 1 is 1.14 bits per heavy atom. The van der Waals surface area contributed by atoms with Gasteiger partial charge in [-0.2, -0.15) is 5.48 Å². The highest BCUT2D eigenvalue weighted by molar-refractivity contribution is 5.82. The molecular weight excluding hydrogens is 290 g/mol. The summed E-state index contributed by atoms with van der Waals surface area (Å²) in [6.07, 6.45) is -0.405. The van der Waals surface area contributed by atoms with Gasteiger partial charge in [-0.3, -0.25) is 0 Å². The lowest BCUT2D eigenvalue weighted by Gasteiger charge is -2.23. The van der Waals surface area contributed by atoms with Gasteiger partial charge in [-0.25, -0.2) is 14.4 Å². The molecule has 0 aliphatic rings. The zero-order chi connectivity index (χ0) is 17.9. The second kappa shape index (κ2) is 10.7. The lowest BCUT2D eigenvalue weighted by atomic mass is 10.0. The highest BCUT2D eigenvalue weighted by atomic mass is 16.7. The molecule has 0 saturated carbocycles. The lowest BCUT2D eigenvalue weighted by Crippen LogP contribution is -2.47. The number of nitrogens with one attached hydrogen (secondary N) is 2. The molecule has 1 unspecified atom stereocenters. The monoisotopic (exact) mass is 319 g/mol. The predicted octanol–water partition coefficient (Wildman–Crippen LogP) is 2.08. The van der Waals surface area contributed by atoms with E-state index in [2.05, 4.69) is 10.2 Å². The molecule has 3 amide bonds. The van der Waals surface area contributed by atoms with E-state index >= 15 is 0 Å². The van der Waals surface area contributed by atoms with E-state index in [1.54, 1.807) is 26.3 Å². The molecule has 0 heterocycles. The van der Waals surface area contributed by atoms with Crippen molar-refractivity contribution in [2.24, 2.45) is 11.7 Å². The van der Waals surface area contributed by atoms with Gasteiger partial charge in [0.15, 0.2) is 0 Å². The summed E-state index contributed by atoms with van der Waals surface area (Å²) < 4.78 is 5.06. The maximum atomic E-state index is 11.7. The van der Waals surface area contributed by atoms with Gasteiger partial charge in [0.2, 0.25) is 0 Å². The second-order valence-corrected chi connectivity index (χ2v) is 5.72. The van der Waals surface area contributed by atoms with Crippen molar-refractivity contribution in [2.45, 2.75) is 66.5 Å². The molecule has 0 saturated heterocycles. The predicted molar refractivity (Wildman–Crippen MR) is 82.8 cm³/mol. The molecule has 0 aromatic heterocycles. The Hall–Kier alpha value is -1.99. The minimum absolute atomic E-state index is 0.121. The van der Waals surface area contributed by atoms with Gasteiger partial charge in [-0.1, -0.05) is 27.7 Å². The number of rotatable bonds is 4. The van der Waals surface area contributed by atoms with Gasteiger partial charge in [0.25, 0.3) is 0 Å². The molecule has 0 radical (unpaired) electrons. The number of carbonyl (C=O) groups is 3. The van der Waals surface area contributed by atoms with Gasteiger partial charge in [-0.15, -0.1) is 0 Å². The third kappa shape index (κ3) is 13.0. The summed E-state index contributed by atoms with van der Waals surface area (Å²) in [6.45, 7) is 12.9. The molecule has 0 aromatic rings. The van der Waals surface area contributed by atoms with Crippen molar-refractivity contribution in [1.82, 2.24) is 10.8 Å². The van der Waals surface area contributed by atoms with E-state index in [1.807, 2.05) is 27.7 Å². The van der Waals surface area contributed by atoms with E-state index in [0.29, 0.717) is 6.42 Å². The smallest absolute Gasteiger partial charge is 0.408 e. The first-order valence-corrected chi connectivity index (χ1v) is 7.27. The Morgan fingerprint density at radius 2 is 1.64 bits per heavy atom. The molecule has 22 heavy (non-hydrogen) atoms. The van der Waals surface area contributed by atoms with Crippen LogP contribution in [0.5, 0.6) is 0 Å². The Balaban J connectivity index is 0. The summed E-state index contributed by atoms with van der Waals surface area (Å²) in [4.78, 5) is 38.3. The van der Waals surface area contributed by atoms with Crippen LogP contribution in [0.25, 0.3) is 0 Å².